The molecule has 0 radical (unpaired) electrons. The largest absolute Gasteiger partial charge is 0.320 e. The molecule has 0 bridgehead atoms. The maximum atomic E-state index is 11.0. The molecule has 1 aromatic rings. The highest BCUT2D eigenvalue weighted by atomic mass is 35.5. The summed E-state index contributed by atoms with van der Waals surface area (Å²) >= 11 is 5.73. The van der Waals surface area contributed by atoms with Crippen LogP contribution in [0.1, 0.15) is 5.56 Å². The fraction of sp³-hybridized carbons (Fsp3) is 0.111. The first-order valence-electron chi connectivity index (χ1n) is 3.96. The Morgan fingerprint density at radius 3 is 2.53 bits per heavy atom. The number of hydrogen-bond donors (Lipinski definition) is 2. The van der Waals surface area contributed by atoms with Crippen LogP contribution in [0.5, 0.6) is 0 Å². The average molecular weight is 245 g/mol. The van der Waals surface area contributed by atoms with E-state index in [4.69, 9.17) is 22.5 Å². The van der Waals surface area contributed by atoms with Crippen LogP contribution >= 0.6 is 11.6 Å². The van der Waals surface area contributed by atoms with Crippen molar-refractivity contribution in [1.82, 2.24) is 0 Å². The molecular formula is C9H9ClN2O2S. The van der Waals surface area contributed by atoms with Crippen molar-refractivity contribution in [2.45, 2.75) is 4.90 Å². The van der Waals surface area contributed by atoms with E-state index in [2.05, 4.69) is 11.8 Å². The van der Waals surface area contributed by atoms with Gasteiger partial charge in [-0.05, 0) is 18.2 Å². The van der Waals surface area contributed by atoms with Crippen molar-refractivity contribution in [1.29, 1.82) is 0 Å². The minimum Gasteiger partial charge on any atom is -0.320 e. The van der Waals surface area contributed by atoms with E-state index >= 15 is 0 Å². The van der Waals surface area contributed by atoms with Crippen molar-refractivity contribution >= 4 is 21.6 Å². The zero-order valence-corrected chi connectivity index (χ0v) is 9.27. The number of rotatable bonds is 1. The third-order valence-electron chi connectivity index (χ3n) is 1.57. The number of nitrogens with two attached hydrogens (primary N) is 2. The summed E-state index contributed by atoms with van der Waals surface area (Å²) in [4.78, 5) is -0.109. The molecular weight excluding hydrogens is 236 g/mol. The first kappa shape index (κ1) is 12.0. The van der Waals surface area contributed by atoms with Crippen LogP contribution in [0.2, 0.25) is 5.02 Å². The zero-order chi connectivity index (χ0) is 11.5. The predicted molar refractivity (Wildman–Crippen MR) is 58.8 cm³/mol. The summed E-state index contributed by atoms with van der Waals surface area (Å²) in [5, 5.41) is 5.00. The second kappa shape index (κ2) is 4.64. The van der Waals surface area contributed by atoms with Gasteiger partial charge in [-0.15, -0.1) is 0 Å². The molecule has 0 spiro atoms. The molecule has 1 rings (SSSR count). The van der Waals surface area contributed by atoms with Crippen LogP contribution in [0.4, 0.5) is 0 Å². The van der Waals surface area contributed by atoms with Gasteiger partial charge in [0.2, 0.25) is 10.0 Å². The highest BCUT2D eigenvalue weighted by Gasteiger charge is 2.12. The lowest BCUT2D eigenvalue weighted by Gasteiger charge is -2.01. The van der Waals surface area contributed by atoms with Crippen LogP contribution in [0.15, 0.2) is 23.1 Å². The Bertz CT molecular complexity index is 529. The lowest BCUT2D eigenvalue weighted by Crippen LogP contribution is -2.12. The quantitative estimate of drug-likeness (QED) is 0.697. The van der Waals surface area contributed by atoms with Gasteiger partial charge < -0.3 is 5.73 Å². The van der Waals surface area contributed by atoms with Gasteiger partial charge in [0, 0.05) is 5.56 Å². The number of hydrogen-bond acceptors (Lipinski definition) is 3. The third-order valence-corrected chi connectivity index (χ3v) is 2.97. The molecule has 15 heavy (non-hydrogen) atoms. The molecule has 0 amide bonds. The van der Waals surface area contributed by atoms with Crippen LogP contribution < -0.4 is 10.9 Å². The molecule has 0 aliphatic heterocycles. The first-order valence-corrected chi connectivity index (χ1v) is 5.89. The Kier molecular flexibility index (Phi) is 3.72. The summed E-state index contributed by atoms with van der Waals surface area (Å²) in [6, 6.07) is 4.27. The Morgan fingerprint density at radius 2 is 2.07 bits per heavy atom. The fourth-order valence-corrected chi connectivity index (χ4v) is 2.05. The van der Waals surface area contributed by atoms with E-state index < -0.39 is 10.0 Å². The second-order valence-electron chi connectivity index (χ2n) is 2.70. The van der Waals surface area contributed by atoms with Crippen LogP contribution in [0.25, 0.3) is 0 Å². The topological polar surface area (TPSA) is 86.2 Å². The molecule has 0 aliphatic rings. The standard InChI is InChI=1S/C9H9ClN2O2S/c10-8-6-7(2-1-5-11)3-4-9(8)15(12,13)14/h3-4,6H,5,11H2,(H2,12,13,14). The summed E-state index contributed by atoms with van der Waals surface area (Å²) in [5.74, 6) is 5.36. The molecule has 0 fully saturated rings. The van der Waals surface area contributed by atoms with Crippen molar-refractivity contribution in [2.75, 3.05) is 6.54 Å². The van der Waals surface area contributed by atoms with Crippen LogP contribution in [0.3, 0.4) is 0 Å². The van der Waals surface area contributed by atoms with Gasteiger partial charge >= 0.3 is 0 Å². The molecule has 6 heteroatoms. The number of sulfonamides is 1. The lowest BCUT2D eigenvalue weighted by molar-refractivity contribution is 0.598. The molecule has 0 aliphatic carbocycles. The Balaban J connectivity index is 3.21. The van der Waals surface area contributed by atoms with Crippen molar-refractivity contribution in [3.63, 3.8) is 0 Å². The number of primary sulfonamides is 1. The van der Waals surface area contributed by atoms with E-state index in [1.54, 1.807) is 0 Å². The van der Waals surface area contributed by atoms with Crippen molar-refractivity contribution in [3.8, 4) is 11.8 Å². The van der Waals surface area contributed by atoms with Crippen molar-refractivity contribution in [3.05, 3.63) is 28.8 Å². The molecule has 0 aromatic heterocycles. The molecule has 4 N–H and O–H groups in total. The fourth-order valence-electron chi connectivity index (χ4n) is 0.962. The van der Waals surface area contributed by atoms with E-state index in [0.717, 1.165) is 0 Å². The van der Waals surface area contributed by atoms with Gasteiger partial charge in [-0.1, -0.05) is 23.4 Å². The maximum absolute atomic E-state index is 11.0. The van der Waals surface area contributed by atoms with Gasteiger partial charge in [0.1, 0.15) is 4.90 Å². The molecule has 1 aromatic carbocycles. The van der Waals surface area contributed by atoms with Gasteiger partial charge in [0.15, 0.2) is 0 Å². The van der Waals surface area contributed by atoms with Crippen LogP contribution in [0, 0.1) is 11.8 Å². The summed E-state index contributed by atoms with van der Waals surface area (Å²) in [5.41, 5.74) is 5.79. The zero-order valence-electron chi connectivity index (χ0n) is 7.70. The highest BCUT2D eigenvalue weighted by molar-refractivity contribution is 7.89. The Hall–Kier alpha value is -1.06. The Morgan fingerprint density at radius 1 is 1.40 bits per heavy atom. The van der Waals surface area contributed by atoms with Crippen LogP contribution in [-0.2, 0) is 10.0 Å². The van der Waals surface area contributed by atoms with Gasteiger partial charge in [-0.25, -0.2) is 13.6 Å². The van der Waals surface area contributed by atoms with Crippen molar-refractivity contribution < 1.29 is 8.42 Å². The maximum Gasteiger partial charge on any atom is 0.239 e. The number of halogens is 1. The van der Waals surface area contributed by atoms with Gasteiger partial charge in [-0.3, -0.25) is 0 Å². The summed E-state index contributed by atoms with van der Waals surface area (Å²) < 4.78 is 22.0. The van der Waals surface area contributed by atoms with E-state index in [9.17, 15) is 8.42 Å². The summed E-state index contributed by atoms with van der Waals surface area (Å²) in [7, 11) is -3.78. The highest BCUT2D eigenvalue weighted by Crippen LogP contribution is 2.20. The van der Waals surface area contributed by atoms with Gasteiger partial charge in [-0.2, -0.15) is 0 Å². The predicted octanol–water partition coefficient (Wildman–Crippen LogP) is 0.298. The average Bonchev–Trinajstić information content (AvgIpc) is 2.12. The van der Waals surface area contributed by atoms with E-state index in [1.165, 1.54) is 18.2 Å². The summed E-state index contributed by atoms with van der Waals surface area (Å²) in [6.07, 6.45) is 0. The van der Waals surface area contributed by atoms with Crippen LogP contribution in [-0.4, -0.2) is 15.0 Å². The van der Waals surface area contributed by atoms with E-state index in [1.807, 2.05) is 0 Å². The van der Waals surface area contributed by atoms with E-state index in [0.29, 0.717) is 5.56 Å². The number of benzene rings is 1. The lowest BCUT2D eigenvalue weighted by atomic mass is 10.2. The van der Waals surface area contributed by atoms with Gasteiger partial charge in [0.05, 0.1) is 11.6 Å². The smallest absolute Gasteiger partial charge is 0.239 e. The second-order valence-corrected chi connectivity index (χ2v) is 4.63. The normalized spacial score (nSPS) is 10.6. The third kappa shape index (κ3) is 3.22. The minimum atomic E-state index is -3.78. The minimum absolute atomic E-state index is 0.0568. The molecule has 0 atom stereocenters. The monoisotopic (exact) mass is 244 g/mol. The molecule has 0 unspecified atom stereocenters. The molecule has 0 saturated carbocycles. The first-order chi connectivity index (χ1) is 6.95. The SMILES string of the molecule is NCC#Cc1ccc(S(N)(=O)=O)c(Cl)c1. The molecule has 4 nitrogen and oxygen atoms in total. The molecule has 0 heterocycles. The molecule has 0 saturated heterocycles. The van der Waals surface area contributed by atoms with Crippen molar-refractivity contribution in [2.24, 2.45) is 10.9 Å². The molecule has 80 valence electrons. The summed E-state index contributed by atoms with van der Waals surface area (Å²) in [6.45, 7) is 0.231. The van der Waals surface area contributed by atoms with Gasteiger partial charge in [0.25, 0.3) is 0 Å². The Labute approximate surface area is 93.3 Å². The van der Waals surface area contributed by atoms with E-state index in [-0.39, 0.29) is 16.5 Å².